The molecule has 0 unspecified atom stereocenters. The van der Waals surface area contributed by atoms with Gasteiger partial charge in [0.2, 0.25) is 0 Å². The van der Waals surface area contributed by atoms with Gasteiger partial charge in [-0.2, -0.15) is 0 Å². The molecule has 1 aliphatic rings. The van der Waals surface area contributed by atoms with Gasteiger partial charge in [0.1, 0.15) is 5.82 Å². The van der Waals surface area contributed by atoms with Crippen molar-refractivity contribution < 1.29 is 4.79 Å². The number of amides is 1. The van der Waals surface area contributed by atoms with Crippen LogP contribution >= 0.6 is 0 Å². The summed E-state index contributed by atoms with van der Waals surface area (Å²) >= 11 is 0. The molecule has 0 saturated carbocycles. The van der Waals surface area contributed by atoms with E-state index in [9.17, 15) is 4.79 Å². The predicted octanol–water partition coefficient (Wildman–Crippen LogP) is 1.30. The fourth-order valence-electron chi connectivity index (χ4n) is 2.51. The zero-order chi connectivity index (χ0) is 14.0. The van der Waals surface area contributed by atoms with E-state index < -0.39 is 0 Å². The molecule has 1 fully saturated rings. The molecule has 0 aliphatic carbocycles. The molecule has 2 heterocycles. The molecule has 19 heavy (non-hydrogen) atoms. The number of carbonyl (C=O) groups is 1. The topological polar surface area (TPSA) is 49.3 Å². The zero-order valence-corrected chi connectivity index (χ0v) is 12.2. The average molecular weight is 262 g/mol. The molecule has 1 aromatic heterocycles. The van der Waals surface area contributed by atoms with E-state index in [1.54, 1.807) is 25.2 Å². The summed E-state index contributed by atoms with van der Waals surface area (Å²) in [5, 5.41) is 0. The van der Waals surface area contributed by atoms with Crippen molar-refractivity contribution in [3.63, 3.8) is 0 Å². The van der Waals surface area contributed by atoms with E-state index in [-0.39, 0.29) is 5.91 Å². The number of piperidine rings is 1. The standard InChI is InChI=1S/C14H22N4O/c1-10-12(14(19)17(2)3)8-15-13(16-10)11-6-5-7-18(4)9-11/h8,11H,5-7,9H2,1-4H3/t11-/m0/s1. The van der Waals surface area contributed by atoms with Gasteiger partial charge in [-0.25, -0.2) is 9.97 Å². The highest BCUT2D eigenvalue weighted by Crippen LogP contribution is 2.24. The lowest BCUT2D eigenvalue weighted by Gasteiger charge is -2.28. The first-order valence-corrected chi connectivity index (χ1v) is 6.72. The lowest BCUT2D eigenvalue weighted by atomic mass is 9.97. The molecule has 5 nitrogen and oxygen atoms in total. The summed E-state index contributed by atoms with van der Waals surface area (Å²) in [6.45, 7) is 4.03. The van der Waals surface area contributed by atoms with Crippen LogP contribution in [0.1, 0.15) is 40.6 Å². The second-order valence-electron chi connectivity index (χ2n) is 5.53. The van der Waals surface area contributed by atoms with Gasteiger partial charge in [-0.1, -0.05) is 0 Å². The van der Waals surface area contributed by atoms with Crippen molar-refractivity contribution in [2.75, 3.05) is 34.2 Å². The third-order valence-corrected chi connectivity index (χ3v) is 3.62. The Hall–Kier alpha value is -1.49. The molecular formula is C14H22N4O. The lowest BCUT2D eigenvalue weighted by Crippen LogP contribution is -2.32. The van der Waals surface area contributed by atoms with Crippen LogP contribution in [0.4, 0.5) is 0 Å². The fraction of sp³-hybridized carbons (Fsp3) is 0.643. The van der Waals surface area contributed by atoms with Gasteiger partial charge < -0.3 is 9.80 Å². The summed E-state index contributed by atoms with van der Waals surface area (Å²) in [4.78, 5) is 24.8. The van der Waals surface area contributed by atoms with Crippen molar-refractivity contribution in [2.45, 2.75) is 25.7 Å². The van der Waals surface area contributed by atoms with Crippen molar-refractivity contribution in [3.05, 3.63) is 23.3 Å². The number of aryl methyl sites for hydroxylation is 1. The number of carbonyl (C=O) groups excluding carboxylic acids is 1. The highest BCUT2D eigenvalue weighted by molar-refractivity contribution is 5.94. The molecule has 1 atom stereocenters. The Bertz CT molecular complexity index is 473. The third-order valence-electron chi connectivity index (χ3n) is 3.62. The van der Waals surface area contributed by atoms with Crippen LogP contribution in [0, 0.1) is 6.92 Å². The van der Waals surface area contributed by atoms with E-state index in [0.717, 1.165) is 31.0 Å². The molecule has 0 spiro atoms. The van der Waals surface area contributed by atoms with E-state index in [4.69, 9.17) is 0 Å². The molecule has 104 valence electrons. The Balaban J connectivity index is 2.21. The molecule has 0 N–H and O–H groups in total. The highest BCUT2D eigenvalue weighted by Gasteiger charge is 2.22. The first-order valence-electron chi connectivity index (χ1n) is 6.72. The van der Waals surface area contributed by atoms with Crippen LogP contribution in [-0.4, -0.2) is 59.9 Å². The maximum absolute atomic E-state index is 11.9. The predicted molar refractivity (Wildman–Crippen MR) is 74.3 cm³/mol. The number of hydrogen-bond acceptors (Lipinski definition) is 4. The average Bonchev–Trinajstić information content (AvgIpc) is 2.37. The van der Waals surface area contributed by atoms with Gasteiger partial charge in [0.25, 0.3) is 5.91 Å². The van der Waals surface area contributed by atoms with Crippen LogP contribution in [0.2, 0.25) is 0 Å². The summed E-state index contributed by atoms with van der Waals surface area (Å²) in [6, 6.07) is 0. The summed E-state index contributed by atoms with van der Waals surface area (Å²) < 4.78 is 0. The normalized spacial score (nSPS) is 20.3. The van der Waals surface area contributed by atoms with Crippen molar-refractivity contribution in [2.24, 2.45) is 0 Å². The largest absolute Gasteiger partial charge is 0.345 e. The van der Waals surface area contributed by atoms with Gasteiger partial charge in [0.05, 0.1) is 11.3 Å². The smallest absolute Gasteiger partial charge is 0.256 e. The molecule has 2 rings (SSSR count). The first-order chi connectivity index (χ1) is 8.99. The van der Waals surface area contributed by atoms with E-state index in [1.165, 1.54) is 6.42 Å². The monoisotopic (exact) mass is 262 g/mol. The van der Waals surface area contributed by atoms with E-state index >= 15 is 0 Å². The quantitative estimate of drug-likeness (QED) is 0.806. The summed E-state index contributed by atoms with van der Waals surface area (Å²) in [7, 11) is 5.61. The van der Waals surface area contributed by atoms with Gasteiger partial charge in [-0.15, -0.1) is 0 Å². The van der Waals surface area contributed by atoms with Gasteiger partial charge in [0, 0.05) is 32.8 Å². The number of aromatic nitrogens is 2. The van der Waals surface area contributed by atoms with Crippen LogP contribution in [0.25, 0.3) is 0 Å². The molecule has 5 heteroatoms. The molecule has 1 aromatic rings. The Morgan fingerprint density at radius 1 is 1.47 bits per heavy atom. The minimum absolute atomic E-state index is 0.0372. The highest BCUT2D eigenvalue weighted by atomic mass is 16.2. The minimum atomic E-state index is -0.0372. The van der Waals surface area contributed by atoms with Gasteiger partial charge in [-0.05, 0) is 33.4 Å². The van der Waals surface area contributed by atoms with Crippen molar-refractivity contribution >= 4 is 5.91 Å². The van der Waals surface area contributed by atoms with Gasteiger partial charge >= 0.3 is 0 Å². The Morgan fingerprint density at radius 2 is 2.21 bits per heavy atom. The van der Waals surface area contributed by atoms with Crippen molar-refractivity contribution in [3.8, 4) is 0 Å². The Kier molecular flexibility index (Phi) is 4.14. The molecule has 0 radical (unpaired) electrons. The molecule has 0 bridgehead atoms. The zero-order valence-electron chi connectivity index (χ0n) is 12.2. The van der Waals surface area contributed by atoms with Crippen LogP contribution in [-0.2, 0) is 0 Å². The van der Waals surface area contributed by atoms with Crippen LogP contribution in [0.15, 0.2) is 6.20 Å². The van der Waals surface area contributed by atoms with Crippen LogP contribution < -0.4 is 0 Å². The Labute approximate surface area is 114 Å². The number of hydrogen-bond donors (Lipinski definition) is 0. The van der Waals surface area contributed by atoms with E-state index in [1.807, 2.05) is 6.92 Å². The van der Waals surface area contributed by atoms with Crippen LogP contribution in [0.3, 0.4) is 0 Å². The van der Waals surface area contributed by atoms with E-state index in [2.05, 4.69) is 21.9 Å². The van der Waals surface area contributed by atoms with E-state index in [0.29, 0.717) is 11.5 Å². The molecule has 0 aromatic carbocycles. The maximum atomic E-state index is 11.9. The summed E-state index contributed by atoms with van der Waals surface area (Å²) in [5.41, 5.74) is 1.37. The second kappa shape index (κ2) is 5.65. The number of rotatable bonds is 2. The fourth-order valence-corrected chi connectivity index (χ4v) is 2.51. The third kappa shape index (κ3) is 3.10. The maximum Gasteiger partial charge on any atom is 0.256 e. The number of likely N-dealkylation sites (N-methyl/N-ethyl adjacent to an activating group) is 1. The molecule has 1 amide bonds. The molecule has 1 aliphatic heterocycles. The minimum Gasteiger partial charge on any atom is -0.345 e. The number of likely N-dealkylation sites (tertiary alicyclic amines) is 1. The first kappa shape index (κ1) is 13.9. The summed E-state index contributed by atoms with van der Waals surface area (Å²) in [6.07, 6.45) is 3.99. The second-order valence-corrected chi connectivity index (χ2v) is 5.53. The Morgan fingerprint density at radius 3 is 2.79 bits per heavy atom. The molecule has 1 saturated heterocycles. The van der Waals surface area contributed by atoms with Crippen LogP contribution in [0.5, 0.6) is 0 Å². The number of nitrogens with zero attached hydrogens (tertiary/aromatic N) is 4. The SMILES string of the molecule is Cc1nc([C@H]2CCCN(C)C2)ncc1C(=O)N(C)C. The van der Waals surface area contributed by atoms with Gasteiger partial charge in [-0.3, -0.25) is 4.79 Å². The van der Waals surface area contributed by atoms with Crippen molar-refractivity contribution in [1.29, 1.82) is 0 Å². The summed E-state index contributed by atoms with van der Waals surface area (Å²) in [5.74, 6) is 1.23. The molecular weight excluding hydrogens is 240 g/mol. The van der Waals surface area contributed by atoms with Gasteiger partial charge in [0.15, 0.2) is 0 Å². The lowest BCUT2D eigenvalue weighted by molar-refractivity contribution is 0.0826. The van der Waals surface area contributed by atoms with Crippen molar-refractivity contribution in [1.82, 2.24) is 19.8 Å².